The second kappa shape index (κ2) is 10.3. The summed E-state index contributed by atoms with van der Waals surface area (Å²) in [6.45, 7) is 2.25. The number of carbonyl (C=O) groups is 2. The maximum Gasteiger partial charge on any atom is 0.341 e. The average Bonchev–Trinajstić information content (AvgIpc) is 3.24. The number of hydrogen-bond donors (Lipinski definition) is 1. The maximum absolute atomic E-state index is 12.7. The van der Waals surface area contributed by atoms with Crippen LogP contribution in [0.4, 0.5) is 5.00 Å². The molecule has 0 saturated heterocycles. The zero-order valence-electron chi connectivity index (χ0n) is 19.5. The molecule has 0 atom stereocenters. The number of thiophene rings is 1. The second-order valence-electron chi connectivity index (χ2n) is 8.49. The summed E-state index contributed by atoms with van der Waals surface area (Å²) in [5, 5.41) is 5.57. The van der Waals surface area contributed by atoms with Crippen LogP contribution >= 0.6 is 11.3 Å². The minimum Gasteiger partial charge on any atom is -0.484 e. The summed E-state index contributed by atoms with van der Waals surface area (Å²) in [6.07, 6.45) is 0.729. The lowest BCUT2D eigenvalue weighted by atomic mass is 10.0. The van der Waals surface area contributed by atoms with Crippen LogP contribution in [0.25, 0.3) is 10.8 Å². The molecule has 0 fully saturated rings. The lowest BCUT2D eigenvalue weighted by molar-refractivity contribution is -0.118. The average molecular weight is 487 g/mol. The Kier molecular flexibility index (Phi) is 6.79. The highest BCUT2D eigenvalue weighted by Crippen LogP contribution is 2.38. The lowest BCUT2D eigenvalue weighted by Gasteiger charge is -2.27. The predicted molar refractivity (Wildman–Crippen MR) is 138 cm³/mol. The molecule has 0 radical (unpaired) electrons. The summed E-state index contributed by atoms with van der Waals surface area (Å²) in [5.41, 5.74) is 2.68. The van der Waals surface area contributed by atoms with Crippen LogP contribution in [-0.4, -0.2) is 37.0 Å². The highest BCUT2D eigenvalue weighted by Gasteiger charge is 2.29. The van der Waals surface area contributed by atoms with Crippen molar-refractivity contribution in [2.75, 3.05) is 25.6 Å². The SMILES string of the molecule is COC(=O)c1c(NC(=O)COc2ccc3ccccc3c2)sc2c1CCN(Cc1ccccc1)C2. The Labute approximate surface area is 208 Å². The molecule has 178 valence electrons. The molecule has 1 amide bonds. The van der Waals surface area contributed by atoms with E-state index in [9.17, 15) is 9.59 Å². The Morgan fingerprint density at radius 2 is 1.77 bits per heavy atom. The van der Waals surface area contributed by atoms with Crippen molar-refractivity contribution in [3.8, 4) is 5.75 Å². The summed E-state index contributed by atoms with van der Waals surface area (Å²) in [5.74, 6) is -0.123. The standard InChI is InChI=1S/C28H26N2O4S/c1-33-28(32)26-23-13-14-30(16-19-7-3-2-4-8-19)17-24(23)35-27(26)29-25(31)18-34-22-12-11-20-9-5-6-10-21(20)15-22/h2-12,15H,13-14,16-18H2,1H3,(H,29,31). The third-order valence-corrected chi connectivity index (χ3v) is 7.25. The number of methoxy groups -OCH3 is 1. The zero-order chi connectivity index (χ0) is 24.2. The number of fused-ring (bicyclic) bond motifs is 2. The van der Waals surface area contributed by atoms with Crippen LogP contribution in [-0.2, 0) is 29.0 Å². The fourth-order valence-corrected chi connectivity index (χ4v) is 5.70. The Hall–Kier alpha value is -3.68. The van der Waals surface area contributed by atoms with Crippen LogP contribution in [0.3, 0.4) is 0 Å². The highest BCUT2D eigenvalue weighted by molar-refractivity contribution is 7.17. The van der Waals surface area contributed by atoms with E-state index in [2.05, 4.69) is 22.3 Å². The Balaban J connectivity index is 1.28. The summed E-state index contributed by atoms with van der Waals surface area (Å²) < 4.78 is 10.8. The second-order valence-corrected chi connectivity index (χ2v) is 9.60. The number of benzene rings is 3. The molecule has 35 heavy (non-hydrogen) atoms. The van der Waals surface area contributed by atoms with Gasteiger partial charge in [0.05, 0.1) is 12.7 Å². The molecule has 1 aliphatic heterocycles. The minimum atomic E-state index is -0.426. The molecule has 4 aromatic rings. The molecule has 2 heterocycles. The number of amides is 1. The highest BCUT2D eigenvalue weighted by atomic mass is 32.1. The van der Waals surface area contributed by atoms with Crippen LogP contribution in [0.5, 0.6) is 5.75 Å². The van der Waals surface area contributed by atoms with Gasteiger partial charge in [0.2, 0.25) is 0 Å². The third kappa shape index (κ3) is 5.21. The number of nitrogens with one attached hydrogen (secondary N) is 1. The molecule has 0 aliphatic carbocycles. The summed E-state index contributed by atoms with van der Waals surface area (Å²) in [7, 11) is 1.37. The third-order valence-electron chi connectivity index (χ3n) is 6.12. The first-order valence-electron chi connectivity index (χ1n) is 11.5. The largest absolute Gasteiger partial charge is 0.484 e. The minimum absolute atomic E-state index is 0.151. The predicted octanol–water partition coefficient (Wildman–Crippen LogP) is 5.26. The van der Waals surface area contributed by atoms with E-state index in [0.29, 0.717) is 16.3 Å². The summed E-state index contributed by atoms with van der Waals surface area (Å²) in [6, 6.07) is 24.0. The van der Waals surface area contributed by atoms with Gasteiger partial charge in [-0.3, -0.25) is 9.69 Å². The molecule has 0 saturated carbocycles. The van der Waals surface area contributed by atoms with E-state index in [0.717, 1.165) is 47.3 Å². The molecule has 7 heteroatoms. The molecule has 1 aliphatic rings. The number of anilines is 1. The Bertz CT molecular complexity index is 1370. The number of rotatable bonds is 7. The van der Waals surface area contributed by atoms with E-state index in [-0.39, 0.29) is 12.5 Å². The number of carbonyl (C=O) groups excluding carboxylic acids is 2. The van der Waals surface area contributed by atoms with Crippen molar-refractivity contribution in [2.24, 2.45) is 0 Å². The van der Waals surface area contributed by atoms with Crippen molar-refractivity contribution < 1.29 is 19.1 Å². The maximum atomic E-state index is 12.7. The molecule has 3 aromatic carbocycles. The quantitative estimate of drug-likeness (QED) is 0.361. The number of nitrogens with zero attached hydrogens (tertiary/aromatic N) is 1. The van der Waals surface area contributed by atoms with Crippen molar-refractivity contribution >= 4 is 39.0 Å². The van der Waals surface area contributed by atoms with Gasteiger partial charge in [-0.2, -0.15) is 0 Å². The van der Waals surface area contributed by atoms with Crippen molar-refractivity contribution in [3.63, 3.8) is 0 Å². The first kappa shape index (κ1) is 23.1. The van der Waals surface area contributed by atoms with Gasteiger partial charge in [0.25, 0.3) is 5.91 Å². The number of esters is 1. The fraction of sp³-hybridized carbons (Fsp3) is 0.214. The molecule has 1 N–H and O–H groups in total. The fourth-order valence-electron chi connectivity index (χ4n) is 4.41. The van der Waals surface area contributed by atoms with E-state index in [1.165, 1.54) is 24.0 Å². The van der Waals surface area contributed by atoms with E-state index in [4.69, 9.17) is 9.47 Å². The van der Waals surface area contributed by atoms with Gasteiger partial charge in [0, 0.05) is 24.5 Å². The van der Waals surface area contributed by atoms with Crippen LogP contribution in [0.1, 0.15) is 26.4 Å². The summed E-state index contributed by atoms with van der Waals surface area (Å²) >= 11 is 1.44. The van der Waals surface area contributed by atoms with Crippen molar-refractivity contribution in [2.45, 2.75) is 19.5 Å². The van der Waals surface area contributed by atoms with E-state index in [1.54, 1.807) is 0 Å². The normalized spacial score (nSPS) is 13.3. The number of hydrogen-bond acceptors (Lipinski definition) is 6. The molecule has 5 rings (SSSR count). The van der Waals surface area contributed by atoms with E-state index in [1.807, 2.05) is 60.7 Å². The molecular formula is C28H26N2O4S. The van der Waals surface area contributed by atoms with Gasteiger partial charge >= 0.3 is 5.97 Å². The van der Waals surface area contributed by atoms with Crippen molar-refractivity contribution in [1.82, 2.24) is 4.90 Å². The Morgan fingerprint density at radius 1 is 1.00 bits per heavy atom. The van der Waals surface area contributed by atoms with Gasteiger partial charge in [-0.15, -0.1) is 11.3 Å². The smallest absolute Gasteiger partial charge is 0.341 e. The van der Waals surface area contributed by atoms with Crippen LogP contribution in [0.15, 0.2) is 72.8 Å². The Morgan fingerprint density at radius 3 is 2.57 bits per heavy atom. The first-order valence-corrected chi connectivity index (χ1v) is 12.3. The van der Waals surface area contributed by atoms with Gasteiger partial charge in [-0.05, 0) is 40.5 Å². The van der Waals surface area contributed by atoms with Crippen molar-refractivity contribution in [3.05, 3.63) is 94.4 Å². The van der Waals surface area contributed by atoms with Gasteiger partial charge in [-0.25, -0.2) is 4.79 Å². The molecule has 1 aromatic heterocycles. The van der Waals surface area contributed by atoms with Crippen LogP contribution in [0, 0.1) is 0 Å². The van der Waals surface area contributed by atoms with Crippen LogP contribution in [0.2, 0.25) is 0 Å². The van der Waals surface area contributed by atoms with E-state index >= 15 is 0 Å². The molecular weight excluding hydrogens is 460 g/mol. The zero-order valence-corrected chi connectivity index (χ0v) is 20.3. The summed E-state index contributed by atoms with van der Waals surface area (Å²) in [4.78, 5) is 28.8. The topological polar surface area (TPSA) is 67.9 Å². The monoisotopic (exact) mass is 486 g/mol. The molecule has 0 unspecified atom stereocenters. The molecule has 6 nitrogen and oxygen atoms in total. The first-order chi connectivity index (χ1) is 17.1. The van der Waals surface area contributed by atoms with Gasteiger partial charge in [0.15, 0.2) is 6.61 Å². The van der Waals surface area contributed by atoms with Crippen LogP contribution < -0.4 is 10.1 Å². The van der Waals surface area contributed by atoms with Gasteiger partial charge in [0.1, 0.15) is 10.8 Å². The van der Waals surface area contributed by atoms with Crippen molar-refractivity contribution in [1.29, 1.82) is 0 Å². The van der Waals surface area contributed by atoms with E-state index < -0.39 is 5.97 Å². The lowest BCUT2D eigenvalue weighted by Crippen LogP contribution is -2.29. The molecule has 0 bridgehead atoms. The van der Waals surface area contributed by atoms with Gasteiger partial charge in [-0.1, -0.05) is 60.7 Å². The molecule has 0 spiro atoms. The van der Waals surface area contributed by atoms with Gasteiger partial charge < -0.3 is 14.8 Å². The number of ether oxygens (including phenoxy) is 2.